The van der Waals surface area contributed by atoms with Crippen molar-refractivity contribution in [3.8, 4) is 0 Å². The largest absolute Gasteiger partial charge is 0.462 e. The van der Waals surface area contributed by atoms with Crippen LogP contribution in [0.25, 0.3) is 0 Å². The first-order chi connectivity index (χ1) is 10.6. The molecule has 0 bridgehead atoms. The molecule has 0 heterocycles. The molecule has 22 heavy (non-hydrogen) atoms. The van der Waals surface area contributed by atoms with E-state index in [0.29, 0.717) is 0 Å². The minimum absolute atomic E-state index is 0.0217. The van der Waals surface area contributed by atoms with Gasteiger partial charge >= 0.3 is 11.9 Å². The van der Waals surface area contributed by atoms with E-state index in [9.17, 15) is 14.4 Å². The molecule has 0 aromatic rings. The Morgan fingerprint density at radius 3 is 2.18 bits per heavy atom. The first kappa shape index (κ1) is 16.7. The van der Waals surface area contributed by atoms with Gasteiger partial charge in [-0.25, -0.2) is 4.79 Å². The standard InChI is InChI=1S/C17H24O5/c1-12(10-16(19)22-14-8-4-5-9-14)17(20)21-11-15(18)13-6-2-3-7-13/h13-14H,1-11H2. The summed E-state index contributed by atoms with van der Waals surface area (Å²) in [6.07, 6.45) is 7.60. The van der Waals surface area contributed by atoms with E-state index in [1.165, 1.54) is 0 Å². The molecule has 122 valence electrons. The van der Waals surface area contributed by atoms with E-state index in [-0.39, 0.29) is 36.4 Å². The van der Waals surface area contributed by atoms with Crippen molar-refractivity contribution in [1.82, 2.24) is 0 Å². The second-order valence-electron chi connectivity index (χ2n) is 6.20. The van der Waals surface area contributed by atoms with Gasteiger partial charge in [-0.1, -0.05) is 19.4 Å². The van der Waals surface area contributed by atoms with Crippen LogP contribution < -0.4 is 0 Å². The maximum atomic E-state index is 11.8. The van der Waals surface area contributed by atoms with Gasteiger partial charge in [0.15, 0.2) is 12.4 Å². The quantitative estimate of drug-likeness (QED) is 0.534. The molecule has 0 aromatic heterocycles. The number of ketones is 1. The van der Waals surface area contributed by atoms with Crippen LogP contribution in [0.2, 0.25) is 0 Å². The van der Waals surface area contributed by atoms with Gasteiger partial charge in [0.2, 0.25) is 0 Å². The summed E-state index contributed by atoms with van der Waals surface area (Å²) < 4.78 is 10.2. The minimum Gasteiger partial charge on any atom is -0.462 e. The molecular weight excluding hydrogens is 284 g/mol. The molecule has 0 saturated heterocycles. The zero-order chi connectivity index (χ0) is 15.9. The Kier molecular flexibility index (Phi) is 6.16. The molecule has 0 atom stereocenters. The predicted molar refractivity (Wildman–Crippen MR) is 80.0 cm³/mol. The Labute approximate surface area is 131 Å². The van der Waals surface area contributed by atoms with E-state index in [0.717, 1.165) is 51.4 Å². The molecule has 2 saturated carbocycles. The molecule has 2 fully saturated rings. The van der Waals surface area contributed by atoms with Crippen molar-refractivity contribution < 1.29 is 23.9 Å². The summed E-state index contributed by atoms with van der Waals surface area (Å²) in [5, 5.41) is 0. The Balaban J connectivity index is 1.66. The van der Waals surface area contributed by atoms with Crippen molar-refractivity contribution in [2.45, 2.75) is 63.9 Å². The van der Waals surface area contributed by atoms with Crippen LogP contribution >= 0.6 is 0 Å². The molecular formula is C17H24O5. The summed E-state index contributed by atoms with van der Waals surface area (Å²) in [6, 6.07) is 0. The smallest absolute Gasteiger partial charge is 0.334 e. The summed E-state index contributed by atoms with van der Waals surface area (Å²) in [6.45, 7) is 3.34. The van der Waals surface area contributed by atoms with E-state index < -0.39 is 11.9 Å². The van der Waals surface area contributed by atoms with Gasteiger partial charge in [-0.2, -0.15) is 0 Å². The number of esters is 2. The first-order valence-corrected chi connectivity index (χ1v) is 8.13. The topological polar surface area (TPSA) is 69.7 Å². The highest BCUT2D eigenvalue weighted by Gasteiger charge is 2.25. The average molecular weight is 308 g/mol. The summed E-state index contributed by atoms with van der Waals surface area (Å²) in [7, 11) is 0. The van der Waals surface area contributed by atoms with Crippen LogP contribution in [0.1, 0.15) is 57.8 Å². The highest BCUT2D eigenvalue weighted by atomic mass is 16.5. The lowest BCUT2D eigenvalue weighted by molar-refractivity contribution is -0.151. The molecule has 5 heteroatoms. The van der Waals surface area contributed by atoms with Gasteiger partial charge in [0.05, 0.1) is 6.42 Å². The summed E-state index contributed by atoms with van der Waals surface area (Å²) >= 11 is 0. The molecule has 2 rings (SSSR count). The third-order valence-electron chi connectivity index (χ3n) is 4.40. The molecule has 5 nitrogen and oxygen atoms in total. The number of carbonyl (C=O) groups is 3. The van der Waals surface area contributed by atoms with Crippen LogP contribution in [0, 0.1) is 5.92 Å². The average Bonchev–Trinajstić information content (AvgIpc) is 3.16. The van der Waals surface area contributed by atoms with Crippen LogP contribution in [0.3, 0.4) is 0 Å². The predicted octanol–water partition coefficient (Wildman–Crippen LogP) is 2.72. The molecule has 0 aromatic carbocycles. The van der Waals surface area contributed by atoms with E-state index >= 15 is 0 Å². The van der Waals surface area contributed by atoms with E-state index in [1.807, 2.05) is 0 Å². The van der Waals surface area contributed by atoms with Gasteiger partial charge in [-0.15, -0.1) is 0 Å². The van der Waals surface area contributed by atoms with Crippen molar-refractivity contribution in [1.29, 1.82) is 0 Å². The van der Waals surface area contributed by atoms with Gasteiger partial charge in [-0.3, -0.25) is 9.59 Å². The van der Waals surface area contributed by atoms with Crippen molar-refractivity contribution in [2.75, 3.05) is 6.61 Å². The van der Waals surface area contributed by atoms with Crippen LogP contribution in [0.15, 0.2) is 12.2 Å². The molecule has 0 amide bonds. The highest BCUT2D eigenvalue weighted by molar-refractivity contribution is 5.94. The van der Waals surface area contributed by atoms with Crippen molar-refractivity contribution >= 4 is 17.7 Å². The number of Topliss-reactive ketones (excluding diaryl/α,β-unsaturated/α-hetero) is 1. The molecule has 2 aliphatic carbocycles. The molecule has 0 unspecified atom stereocenters. The maximum absolute atomic E-state index is 11.8. The Bertz CT molecular complexity index is 442. The molecule has 0 radical (unpaired) electrons. The van der Waals surface area contributed by atoms with Gasteiger partial charge in [0, 0.05) is 11.5 Å². The Hall–Kier alpha value is -1.65. The Morgan fingerprint density at radius 1 is 0.955 bits per heavy atom. The SMILES string of the molecule is C=C(CC(=O)OC1CCCC1)C(=O)OCC(=O)C1CCCC1. The fourth-order valence-corrected chi connectivity index (χ4v) is 3.08. The lowest BCUT2D eigenvalue weighted by atomic mass is 10.0. The van der Waals surface area contributed by atoms with Crippen LogP contribution in [-0.2, 0) is 23.9 Å². The van der Waals surface area contributed by atoms with E-state index in [1.54, 1.807) is 0 Å². The zero-order valence-electron chi connectivity index (χ0n) is 13.0. The molecule has 0 aliphatic heterocycles. The van der Waals surface area contributed by atoms with E-state index in [4.69, 9.17) is 9.47 Å². The van der Waals surface area contributed by atoms with E-state index in [2.05, 4.69) is 6.58 Å². The van der Waals surface area contributed by atoms with Crippen LogP contribution in [-0.4, -0.2) is 30.4 Å². The molecule has 0 spiro atoms. The monoisotopic (exact) mass is 308 g/mol. The summed E-state index contributed by atoms with van der Waals surface area (Å²) in [4.78, 5) is 35.3. The summed E-state index contributed by atoms with van der Waals surface area (Å²) in [5.41, 5.74) is 0.0437. The summed E-state index contributed by atoms with van der Waals surface area (Å²) in [5.74, 6) is -1.15. The molecule has 0 N–H and O–H groups in total. The number of carbonyl (C=O) groups excluding carboxylic acids is 3. The van der Waals surface area contributed by atoms with Crippen LogP contribution in [0.5, 0.6) is 0 Å². The lowest BCUT2D eigenvalue weighted by Gasteiger charge is -2.12. The fourth-order valence-electron chi connectivity index (χ4n) is 3.08. The highest BCUT2D eigenvalue weighted by Crippen LogP contribution is 2.25. The number of hydrogen-bond acceptors (Lipinski definition) is 5. The normalized spacial score (nSPS) is 19.1. The number of ether oxygens (including phenoxy) is 2. The second kappa shape index (κ2) is 8.11. The van der Waals surface area contributed by atoms with Gasteiger partial charge in [0.1, 0.15) is 6.10 Å². The number of rotatable bonds is 7. The third kappa shape index (κ3) is 4.97. The minimum atomic E-state index is -0.685. The third-order valence-corrected chi connectivity index (χ3v) is 4.40. The van der Waals surface area contributed by atoms with Gasteiger partial charge in [-0.05, 0) is 38.5 Å². The second-order valence-corrected chi connectivity index (χ2v) is 6.20. The maximum Gasteiger partial charge on any atom is 0.334 e. The molecule has 2 aliphatic rings. The van der Waals surface area contributed by atoms with Gasteiger partial charge < -0.3 is 9.47 Å². The van der Waals surface area contributed by atoms with Crippen LogP contribution in [0.4, 0.5) is 0 Å². The van der Waals surface area contributed by atoms with Crippen molar-refractivity contribution in [3.05, 3.63) is 12.2 Å². The zero-order valence-corrected chi connectivity index (χ0v) is 13.0. The Morgan fingerprint density at radius 2 is 1.55 bits per heavy atom. The van der Waals surface area contributed by atoms with Crippen molar-refractivity contribution in [3.63, 3.8) is 0 Å². The first-order valence-electron chi connectivity index (χ1n) is 8.13. The lowest BCUT2D eigenvalue weighted by Crippen LogP contribution is -2.22. The van der Waals surface area contributed by atoms with Crippen molar-refractivity contribution in [2.24, 2.45) is 5.92 Å². The number of hydrogen-bond donors (Lipinski definition) is 0. The van der Waals surface area contributed by atoms with Gasteiger partial charge in [0.25, 0.3) is 0 Å². The fraction of sp³-hybridized carbons (Fsp3) is 0.706.